The first-order valence-electron chi connectivity index (χ1n) is 7.00. The lowest BCUT2D eigenvalue weighted by molar-refractivity contribution is 0.439. The van der Waals surface area contributed by atoms with Crippen molar-refractivity contribution in [2.75, 3.05) is 5.32 Å². The van der Waals surface area contributed by atoms with Gasteiger partial charge in [0.1, 0.15) is 5.82 Å². The van der Waals surface area contributed by atoms with Crippen molar-refractivity contribution >= 4 is 16.6 Å². The van der Waals surface area contributed by atoms with E-state index in [1.807, 2.05) is 6.20 Å². The molecule has 2 bridgehead atoms. The summed E-state index contributed by atoms with van der Waals surface area (Å²) in [5.41, 5.74) is 0. The third-order valence-corrected chi connectivity index (χ3v) is 4.73. The van der Waals surface area contributed by atoms with Crippen molar-refractivity contribution in [1.29, 1.82) is 0 Å². The van der Waals surface area contributed by atoms with Gasteiger partial charge >= 0.3 is 0 Å². The van der Waals surface area contributed by atoms with Gasteiger partial charge in [-0.05, 0) is 42.6 Å². The summed E-state index contributed by atoms with van der Waals surface area (Å²) in [6.45, 7) is 0. The maximum Gasteiger partial charge on any atom is 0.134 e. The number of aromatic nitrogens is 1. The van der Waals surface area contributed by atoms with Crippen LogP contribution in [0.1, 0.15) is 25.7 Å². The Kier molecular flexibility index (Phi) is 2.29. The Morgan fingerprint density at radius 2 is 2.00 bits per heavy atom. The Morgan fingerprint density at radius 3 is 2.83 bits per heavy atom. The van der Waals surface area contributed by atoms with Crippen LogP contribution in [0.25, 0.3) is 10.8 Å². The molecule has 4 rings (SSSR count). The van der Waals surface area contributed by atoms with Crippen LogP contribution in [0, 0.1) is 11.8 Å². The van der Waals surface area contributed by atoms with Gasteiger partial charge < -0.3 is 5.32 Å². The van der Waals surface area contributed by atoms with Crippen LogP contribution in [-0.2, 0) is 0 Å². The summed E-state index contributed by atoms with van der Waals surface area (Å²) in [5.74, 6) is 2.93. The van der Waals surface area contributed by atoms with Gasteiger partial charge in [0.15, 0.2) is 0 Å². The lowest BCUT2D eigenvalue weighted by Crippen LogP contribution is -2.26. The average molecular weight is 238 g/mol. The molecule has 2 nitrogen and oxygen atoms in total. The van der Waals surface area contributed by atoms with Crippen molar-refractivity contribution in [2.24, 2.45) is 11.8 Å². The van der Waals surface area contributed by atoms with Crippen molar-refractivity contribution in [1.82, 2.24) is 4.98 Å². The molecular weight excluding hydrogens is 220 g/mol. The van der Waals surface area contributed by atoms with Crippen LogP contribution in [0.2, 0.25) is 0 Å². The molecule has 1 aromatic heterocycles. The highest BCUT2D eigenvalue weighted by Gasteiger charge is 2.39. The quantitative estimate of drug-likeness (QED) is 0.860. The van der Waals surface area contributed by atoms with Crippen LogP contribution in [0.15, 0.2) is 36.5 Å². The van der Waals surface area contributed by atoms with Gasteiger partial charge in [0, 0.05) is 17.6 Å². The topological polar surface area (TPSA) is 24.9 Å². The molecule has 2 fully saturated rings. The third-order valence-electron chi connectivity index (χ3n) is 4.73. The highest BCUT2D eigenvalue weighted by molar-refractivity contribution is 5.91. The standard InChI is InChI=1S/C16H18N2/c1-2-4-14-12(3-1)7-8-17-16(14)18-15-10-11-5-6-13(15)9-11/h1-4,7-8,11,13,15H,5-6,9-10H2,(H,17,18). The molecule has 0 spiro atoms. The average Bonchev–Trinajstić information content (AvgIpc) is 3.01. The van der Waals surface area contributed by atoms with Crippen molar-refractivity contribution in [3.63, 3.8) is 0 Å². The molecule has 0 radical (unpaired) electrons. The van der Waals surface area contributed by atoms with Crippen LogP contribution in [0.3, 0.4) is 0 Å². The summed E-state index contributed by atoms with van der Waals surface area (Å²) in [6, 6.07) is 11.2. The number of hydrogen-bond acceptors (Lipinski definition) is 2. The first-order chi connectivity index (χ1) is 8.90. The Labute approximate surface area is 107 Å². The molecule has 3 atom stereocenters. The fourth-order valence-corrected chi connectivity index (χ4v) is 3.83. The predicted molar refractivity (Wildman–Crippen MR) is 74.6 cm³/mol. The summed E-state index contributed by atoms with van der Waals surface area (Å²) >= 11 is 0. The van der Waals surface area contributed by atoms with Crippen LogP contribution in [0.5, 0.6) is 0 Å². The second-order valence-electron chi connectivity index (χ2n) is 5.81. The summed E-state index contributed by atoms with van der Waals surface area (Å²) in [4.78, 5) is 4.54. The number of hydrogen-bond donors (Lipinski definition) is 1. The van der Waals surface area contributed by atoms with Crippen molar-refractivity contribution in [3.05, 3.63) is 36.5 Å². The van der Waals surface area contributed by atoms with E-state index in [0.29, 0.717) is 6.04 Å². The maximum atomic E-state index is 4.54. The zero-order valence-corrected chi connectivity index (χ0v) is 10.5. The molecule has 18 heavy (non-hydrogen) atoms. The maximum absolute atomic E-state index is 4.54. The molecule has 0 saturated heterocycles. The first-order valence-corrected chi connectivity index (χ1v) is 7.00. The van der Waals surface area contributed by atoms with Crippen molar-refractivity contribution in [3.8, 4) is 0 Å². The number of nitrogens with one attached hydrogen (secondary N) is 1. The number of pyridine rings is 1. The lowest BCUT2D eigenvalue weighted by Gasteiger charge is -2.24. The summed E-state index contributed by atoms with van der Waals surface area (Å²) in [7, 11) is 0. The van der Waals surface area contributed by atoms with E-state index in [4.69, 9.17) is 0 Å². The van der Waals surface area contributed by atoms with E-state index in [1.54, 1.807) is 0 Å². The van der Waals surface area contributed by atoms with E-state index in [2.05, 4.69) is 40.6 Å². The smallest absolute Gasteiger partial charge is 0.134 e. The summed E-state index contributed by atoms with van der Waals surface area (Å²) < 4.78 is 0. The lowest BCUT2D eigenvalue weighted by atomic mass is 9.95. The van der Waals surface area contributed by atoms with Crippen molar-refractivity contribution in [2.45, 2.75) is 31.7 Å². The molecule has 2 heteroatoms. The number of rotatable bonds is 2. The third kappa shape index (κ3) is 1.59. The van der Waals surface area contributed by atoms with Crippen LogP contribution in [-0.4, -0.2) is 11.0 Å². The van der Waals surface area contributed by atoms with Gasteiger partial charge in [-0.15, -0.1) is 0 Å². The summed E-state index contributed by atoms with van der Waals surface area (Å²) in [5, 5.41) is 6.23. The minimum absolute atomic E-state index is 0.655. The molecule has 1 aromatic carbocycles. The second-order valence-corrected chi connectivity index (χ2v) is 5.81. The van der Waals surface area contributed by atoms with E-state index in [1.165, 1.54) is 36.5 Å². The Hall–Kier alpha value is -1.57. The highest BCUT2D eigenvalue weighted by Crippen LogP contribution is 2.45. The summed E-state index contributed by atoms with van der Waals surface area (Å²) in [6.07, 6.45) is 7.55. The molecule has 1 N–H and O–H groups in total. The van der Waals surface area contributed by atoms with Crippen LogP contribution in [0.4, 0.5) is 5.82 Å². The largest absolute Gasteiger partial charge is 0.367 e. The SMILES string of the molecule is c1ccc2c(NC3CC4CCC3C4)nccc2c1. The number of fused-ring (bicyclic) bond motifs is 3. The van der Waals surface area contributed by atoms with E-state index in [9.17, 15) is 0 Å². The molecule has 2 saturated carbocycles. The molecule has 92 valence electrons. The molecule has 0 amide bonds. The van der Waals surface area contributed by atoms with Gasteiger partial charge in [-0.25, -0.2) is 4.98 Å². The van der Waals surface area contributed by atoms with E-state index in [-0.39, 0.29) is 0 Å². The van der Waals surface area contributed by atoms with Gasteiger partial charge in [-0.1, -0.05) is 30.7 Å². The number of benzene rings is 1. The van der Waals surface area contributed by atoms with Gasteiger partial charge in [-0.3, -0.25) is 0 Å². The number of nitrogens with zero attached hydrogens (tertiary/aromatic N) is 1. The van der Waals surface area contributed by atoms with Gasteiger partial charge in [-0.2, -0.15) is 0 Å². The Bertz CT molecular complexity index is 573. The second kappa shape index (κ2) is 3.98. The first kappa shape index (κ1) is 10.4. The highest BCUT2D eigenvalue weighted by atomic mass is 15.0. The van der Waals surface area contributed by atoms with Crippen LogP contribution >= 0.6 is 0 Å². The van der Waals surface area contributed by atoms with E-state index >= 15 is 0 Å². The molecular formula is C16H18N2. The van der Waals surface area contributed by atoms with Gasteiger partial charge in [0.05, 0.1) is 0 Å². The molecule has 2 aliphatic rings. The fourth-order valence-electron chi connectivity index (χ4n) is 3.83. The van der Waals surface area contributed by atoms with Crippen LogP contribution < -0.4 is 5.32 Å². The normalized spacial score (nSPS) is 29.9. The molecule has 2 aromatic rings. The minimum atomic E-state index is 0.655. The fraction of sp³-hybridized carbons (Fsp3) is 0.438. The molecule has 2 aliphatic carbocycles. The zero-order valence-electron chi connectivity index (χ0n) is 10.5. The van der Waals surface area contributed by atoms with E-state index in [0.717, 1.165) is 17.7 Å². The van der Waals surface area contributed by atoms with Gasteiger partial charge in [0.2, 0.25) is 0 Å². The molecule has 1 heterocycles. The Balaban J connectivity index is 1.67. The number of anilines is 1. The van der Waals surface area contributed by atoms with E-state index < -0.39 is 0 Å². The zero-order chi connectivity index (χ0) is 11.9. The molecule has 0 aliphatic heterocycles. The Morgan fingerprint density at radius 1 is 1.06 bits per heavy atom. The molecule has 3 unspecified atom stereocenters. The van der Waals surface area contributed by atoms with Gasteiger partial charge in [0.25, 0.3) is 0 Å². The predicted octanol–water partition coefficient (Wildman–Crippen LogP) is 3.84. The van der Waals surface area contributed by atoms with Crippen molar-refractivity contribution < 1.29 is 0 Å². The monoisotopic (exact) mass is 238 g/mol. The minimum Gasteiger partial charge on any atom is -0.367 e.